The highest BCUT2D eigenvalue weighted by molar-refractivity contribution is 5.80. The Morgan fingerprint density at radius 2 is 1.83 bits per heavy atom. The van der Waals surface area contributed by atoms with E-state index in [2.05, 4.69) is 54.1 Å². The Balaban J connectivity index is 1.20. The van der Waals surface area contributed by atoms with Crippen LogP contribution in [0.4, 0.5) is 5.82 Å². The lowest BCUT2D eigenvalue weighted by atomic mass is 9.77. The third kappa shape index (κ3) is 4.10. The van der Waals surface area contributed by atoms with Crippen molar-refractivity contribution in [1.82, 2.24) is 15.0 Å². The summed E-state index contributed by atoms with van der Waals surface area (Å²) >= 11 is 0. The highest BCUT2D eigenvalue weighted by Crippen LogP contribution is 2.36. The van der Waals surface area contributed by atoms with Crippen LogP contribution in [0.25, 0.3) is 22.4 Å². The molecule has 2 fully saturated rings. The van der Waals surface area contributed by atoms with Crippen molar-refractivity contribution in [1.29, 1.82) is 0 Å². The number of nitrogens with zero attached hydrogens (tertiary/aromatic N) is 3. The molecule has 0 spiro atoms. The summed E-state index contributed by atoms with van der Waals surface area (Å²) in [6, 6.07) is 10.7. The quantitative estimate of drug-likeness (QED) is 0.539. The van der Waals surface area contributed by atoms with Gasteiger partial charge in [-0.3, -0.25) is 0 Å². The molecule has 3 heterocycles. The summed E-state index contributed by atoms with van der Waals surface area (Å²) in [5.74, 6) is 4.82. The van der Waals surface area contributed by atoms with Crippen LogP contribution in [0.2, 0.25) is 0 Å². The number of fused-ring (bicyclic) bond motifs is 1. The predicted molar refractivity (Wildman–Crippen MR) is 125 cm³/mol. The molecule has 30 heavy (non-hydrogen) atoms. The third-order valence-electron chi connectivity index (χ3n) is 7.48. The van der Waals surface area contributed by atoms with Crippen LogP contribution in [0, 0.1) is 24.7 Å². The Morgan fingerprint density at radius 1 is 1.00 bits per heavy atom. The van der Waals surface area contributed by atoms with Gasteiger partial charge in [0.25, 0.3) is 0 Å². The van der Waals surface area contributed by atoms with Crippen LogP contribution in [-0.2, 0) is 0 Å². The molecule has 1 unspecified atom stereocenters. The number of hydrogen-bond acceptors (Lipinski definition) is 3. The Bertz CT molecular complexity index is 982. The molecule has 1 N–H and O–H groups in total. The van der Waals surface area contributed by atoms with Crippen molar-refractivity contribution < 1.29 is 0 Å². The van der Waals surface area contributed by atoms with Gasteiger partial charge in [0, 0.05) is 24.8 Å². The minimum Gasteiger partial charge on any atom is -0.356 e. The zero-order chi connectivity index (χ0) is 20.5. The first-order chi connectivity index (χ1) is 14.7. The van der Waals surface area contributed by atoms with E-state index in [0.29, 0.717) is 0 Å². The molecule has 1 saturated carbocycles. The van der Waals surface area contributed by atoms with E-state index >= 15 is 0 Å². The second-order valence-electron chi connectivity index (χ2n) is 9.64. The number of H-pyrrole nitrogens is 1. The van der Waals surface area contributed by atoms with Crippen molar-refractivity contribution in [2.45, 2.75) is 58.8 Å². The summed E-state index contributed by atoms with van der Waals surface area (Å²) in [4.78, 5) is 15.4. The highest BCUT2D eigenvalue weighted by Gasteiger charge is 2.28. The van der Waals surface area contributed by atoms with Gasteiger partial charge in [0.2, 0.25) is 0 Å². The molecule has 5 rings (SSSR count). The number of aryl methyl sites for hydroxylation is 1. The number of anilines is 1. The highest BCUT2D eigenvalue weighted by atomic mass is 15.2. The van der Waals surface area contributed by atoms with E-state index in [1.165, 1.54) is 57.1 Å². The number of pyridine rings is 1. The number of aromatic nitrogens is 3. The van der Waals surface area contributed by atoms with Gasteiger partial charge in [0.1, 0.15) is 11.6 Å². The fraction of sp³-hybridized carbons (Fsp3) is 0.538. The molecule has 4 heteroatoms. The van der Waals surface area contributed by atoms with Crippen molar-refractivity contribution in [3.8, 4) is 11.4 Å². The molecule has 1 atom stereocenters. The van der Waals surface area contributed by atoms with Gasteiger partial charge in [-0.05, 0) is 67.3 Å². The van der Waals surface area contributed by atoms with Crippen LogP contribution >= 0.6 is 0 Å². The van der Waals surface area contributed by atoms with E-state index in [-0.39, 0.29) is 0 Å². The van der Waals surface area contributed by atoms with Gasteiger partial charge in [-0.15, -0.1) is 0 Å². The van der Waals surface area contributed by atoms with Crippen LogP contribution in [0.5, 0.6) is 0 Å². The molecule has 1 aliphatic carbocycles. The Hall–Kier alpha value is -2.36. The SMILES string of the molecule is CCC1CCC(CC2CCN(c3ccc(-c4nc5ccc(C)cc5[nH]4)cn3)C2)CC1. The molecule has 2 aromatic heterocycles. The van der Waals surface area contributed by atoms with Crippen LogP contribution in [0.15, 0.2) is 36.5 Å². The summed E-state index contributed by atoms with van der Waals surface area (Å²) in [6.45, 7) is 6.78. The average Bonchev–Trinajstić information content (AvgIpc) is 3.41. The minimum atomic E-state index is 0.841. The summed E-state index contributed by atoms with van der Waals surface area (Å²) in [6.07, 6.45) is 11.9. The fourth-order valence-corrected chi connectivity index (χ4v) is 5.55. The summed E-state index contributed by atoms with van der Waals surface area (Å²) in [7, 11) is 0. The van der Waals surface area contributed by atoms with Gasteiger partial charge < -0.3 is 9.88 Å². The van der Waals surface area contributed by atoms with Crippen molar-refractivity contribution in [3.05, 3.63) is 42.1 Å². The Kier molecular flexibility index (Phi) is 5.49. The standard InChI is InChI=1S/C26H34N4/c1-3-19-5-7-20(8-6-19)15-21-12-13-30(17-21)25-11-9-22(16-27-25)26-28-23-10-4-18(2)14-24(23)29-26/h4,9-11,14,16,19-21H,3,5-8,12-13,15,17H2,1-2H3,(H,28,29). The van der Waals surface area contributed by atoms with Crippen LogP contribution in [-0.4, -0.2) is 28.0 Å². The summed E-state index contributed by atoms with van der Waals surface area (Å²) in [5.41, 5.74) is 4.39. The number of rotatable bonds is 5. The van der Waals surface area contributed by atoms with Gasteiger partial charge in [-0.2, -0.15) is 0 Å². The zero-order valence-electron chi connectivity index (χ0n) is 18.4. The van der Waals surface area contributed by atoms with Crippen LogP contribution in [0.1, 0.15) is 57.4 Å². The molecule has 1 saturated heterocycles. The number of aromatic amines is 1. The van der Waals surface area contributed by atoms with Gasteiger partial charge in [-0.1, -0.05) is 45.1 Å². The average molecular weight is 403 g/mol. The molecule has 1 aromatic carbocycles. The second-order valence-corrected chi connectivity index (χ2v) is 9.64. The molecule has 2 aliphatic rings. The molecular weight excluding hydrogens is 368 g/mol. The van der Waals surface area contributed by atoms with E-state index in [9.17, 15) is 0 Å². The van der Waals surface area contributed by atoms with Crippen molar-refractivity contribution in [2.24, 2.45) is 17.8 Å². The van der Waals surface area contributed by atoms with Crippen LogP contribution in [0.3, 0.4) is 0 Å². The summed E-state index contributed by atoms with van der Waals surface area (Å²) < 4.78 is 0. The van der Waals surface area contributed by atoms with E-state index < -0.39 is 0 Å². The lowest BCUT2D eigenvalue weighted by Gasteiger charge is -2.29. The molecule has 4 nitrogen and oxygen atoms in total. The number of imidazole rings is 1. The molecule has 0 radical (unpaired) electrons. The van der Waals surface area contributed by atoms with Gasteiger partial charge in [0.15, 0.2) is 0 Å². The minimum absolute atomic E-state index is 0.841. The Morgan fingerprint density at radius 3 is 2.60 bits per heavy atom. The second kappa shape index (κ2) is 8.41. The molecule has 0 amide bonds. The van der Waals surface area contributed by atoms with Crippen molar-refractivity contribution in [3.63, 3.8) is 0 Å². The topological polar surface area (TPSA) is 44.8 Å². The molecule has 1 aliphatic heterocycles. The largest absolute Gasteiger partial charge is 0.356 e. The van der Waals surface area contributed by atoms with Crippen LogP contribution < -0.4 is 4.90 Å². The smallest absolute Gasteiger partial charge is 0.140 e. The molecule has 3 aromatic rings. The number of nitrogens with one attached hydrogen (secondary N) is 1. The lowest BCUT2D eigenvalue weighted by molar-refractivity contribution is 0.236. The van der Waals surface area contributed by atoms with E-state index in [1.807, 2.05) is 6.20 Å². The molecule has 158 valence electrons. The number of benzene rings is 1. The lowest BCUT2D eigenvalue weighted by Crippen LogP contribution is -2.22. The van der Waals surface area contributed by atoms with Gasteiger partial charge in [-0.25, -0.2) is 9.97 Å². The normalized spacial score (nSPS) is 24.6. The van der Waals surface area contributed by atoms with Gasteiger partial charge in [0.05, 0.1) is 11.0 Å². The van der Waals surface area contributed by atoms with Gasteiger partial charge >= 0.3 is 0 Å². The van der Waals surface area contributed by atoms with E-state index in [1.54, 1.807) is 0 Å². The Labute approximate surface area is 180 Å². The first-order valence-electron chi connectivity index (χ1n) is 11.9. The van der Waals surface area contributed by atoms with E-state index in [4.69, 9.17) is 9.97 Å². The van der Waals surface area contributed by atoms with E-state index in [0.717, 1.165) is 52.5 Å². The zero-order valence-corrected chi connectivity index (χ0v) is 18.4. The fourth-order valence-electron chi connectivity index (χ4n) is 5.55. The maximum atomic E-state index is 4.79. The number of hydrogen-bond donors (Lipinski definition) is 1. The summed E-state index contributed by atoms with van der Waals surface area (Å²) in [5, 5.41) is 0. The first kappa shape index (κ1) is 19.6. The maximum absolute atomic E-state index is 4.79. The first-order valence-corrected chi connectivity index (χ1v) is 11.9. The van der Waals surface area contributed by atoms with Crippen molar-refractivity contribution >= 4 is 16.9 Å². The maximum Gasteiger partial charge on any atom is 0.140 e. The predicted octanol–water partition coefficient (Wildman–Crippen LogP) is 6.37. The van der Waals surface area contributed by atoms with Crippen molar-refractivity contribution in [2.75, 3.05) is 18.0 Å². The monoisotopic (exact) mass is 402 g/mol. The molecular formula is C26H34N4. The molecule has 0 bridgehead atoms. The third-order valence-corrected chi connectivity index (χ3v) is 7.48.